The molecule has 0 spiro atoms. The summed E-state index contributed by atoms with van der Waals surface area (Å²) in [6.45, 7) is 0. The molecule has 0 unspecified atom stereocenters. The summed E-state index contributed by atoms with van der Waals surface area (Å²) in [6.07, 6.45) is 0. The van der Waals surface area contributed by atoms with E-state index in [1.165, 1.54) is 0 Å². The van der Waals surface area contributed by atoms with Gasteiger partial charge in [-0.25, -0.2) is 0 Å². The Morgan fingerprint density at radius 2 is 0.788 bits per heavy atom. The number of aromatic nitrogens is 2. The number of benzene rings is 7. The molecule has 6 nitrogen and oxygen atoms in total. The fourth-order valence-corrected chi connectivity index (χ4v) is 8.35. The summed E-state index contributed by atoms with van der Waals surface area (Å²) < 4.78 is 16.7. The van der Waals surface area contributed by atoms with Crippen molar-refractivity contribution in [3.63, 3.8) is 0 Å². The number of fused-ring (bicyclic) bond motifs is 10. The van der Waals surface area contributed by atoms with Crippen LogP contribution < -0.4 is 10.9 Å². The van der Waals surface area contributed by atoms with E-state index in [2.05, 4.69) is 24.3 Å². The Balaban J connectivity index is 1.12. The fourth-order valence-electron chi connectivity index (χ4n) is 8.35. The van der Waals surface area contributed by atoms with Crippen LogP contribution in [0.2, 0.25) is 0 Å². The molecule has 0 N–H and O–H groups in total. The summed E-state index contributed by atoms with van der Waals surface area (Å²) in [5, 5.41) is 6.54. The van der Waals surface area contributed by atoms with Crippen LogP contribution in [0.5, 0.6) is 0 Å². The normalized spacial score (nSPS) is 12.2. The summed E-state index contributed by atoms with van der Waals surface area (Å²) in [6, 6.07) is 44.0. The highest BCUT2D eigenvalue weighted by Gasteiger charge is 2.19. The van der Waals surface area contributed by atoms with Crippen LogP contribution in [-0.2, 0) is 14.1 Å². The predicted octanol–water partition coefficient (Wildman–Crippen LogP) is 10.8. The summed E-state index contributed by atoms with van der Waals surface area (Å²) >= 11 is 0. The van der Waals surface area contributed by atoms with Crippen LogP contribution in [0.25, 0.3) is 110 Å². The molecule has 0 fully saturated rings. The van der Waals surface area contributed by atoms with Gasteiger partial charge in [-0.2, -0.15) is 0 Å². The highest BCUT2D eigenvalue weighted by atomic mass is 16.3. The lowest BCUT2D eigenvalue weighted by molar-refractivity contribution is 0.669. The molecule has 246 valence electrons. The molecule has 4 heterocycles. The van der Waals surface area contributed by atoms with Gasteiger partial charge >= 0.3 is 0 Å². The van der Waals surface area contributed by atoms with Crippen molar-refractivity contribution in [1.29, 1.82) is 0 Å². The maximum Gasteiger partial charge on any atom is 0.197 e. The molecule has 52 heavy (non-hydrogen) atoms. The Morgan fingerprint density at radius 3 is 1.25 bits per heavy atom. The number of rotatable bonds is 2. The summed E-state index contributed by atoms with van der Waals surface area (Å²) in [4.78, 5) is 28.7. The molecule has 4 aromatic heterocycles. The van der Waals surface area contributed by atoms with Crippen LogP contribution in [0, 0.1) is 0 Å². The van der Waals surface area contributed by atoms with Gasteiger partial charge in [-0.15, -0.1) is 0 Å². The second-order valence-electron chi connectivity index (χ2n) is 13.7. The van der Waals surface area contributed by atoms with E-state index in [4.69, 9.17) is 8.83 Å². The molecule has 11 aromatic rings. The Kier molecular flexibility index (Phi) is 5.72. The maximum atomic E-state index is 14.4. The second kappa shape index (κ2) is 10.3. The fraction of sp³-hybridized carbons (Fsp3) is 0.0435. The molecule has 7 aromatic carbocycles. The van der Waals surface area contributed by atoms with Gasteiger partial charge in [0.2, 0.25) is 0 Å². The van der Waals surface area contributed by atoms with E-state index < -0.39 is 0 Å². The summed E-state index contributed by atoms with van der Waals surface area (Å²) in [7, 11) is 3.90. The Hall–Kier alpha value is -6.92. The molecule has 0 aliphatic rings. The van der Waals surface area contributed by atoms with Gasteiger partial charge in [-0.3, -0.25) is 9.59 Å². The van der Waals surface area contributed by atoms with Crippen molar-refractivity contribution in [3.05, 3.63) is 154 Å². The van der Waals surface area contributed by atoms with E-state index in [1.807, 2.05) is 132 Å². The smallest absolute Gasteiger partial charge is 0.197 e. The van der Waals surface area contributed by atoms with Gasteiger partial charge in [0.05, 0.1) is 22.1 Å². The van der Waals surface area contributed by atoms with Crippen LogP contribution in [0.15, 0.2) is 152 Å². The van der Waals surface area contributed by atoms with Gasteiger partial charge in [0.1, 0.15) is 22.3 Å². The van der Waals surface area contributed by atoms with Crippen LogP contribution in [0.3, 0.4) is 0 Å². The third-order valence-corrected chi connectivity index (χ3v) is 11.0. The lowest BCUT2D eigenvalue weighted by Crippen LogP contribution is -2.13. The molecule has 0 atom stereocenters. The lowest BCUT2D eigenvalue weighted by Gasteiger charge is -2.16. The molecular weight excluding hydrogens is 645 g/mol. The minimum Gasteiger partial charge on any atom is -0.455 e. The minimum absolute atomic E-state index is 0.0783. The molecule has 0 aliphatic carbocycles. The molecule has 0 saturated heterocycles. The first-order valence-corrected chi connectivity index (χ1v) is 17.3. The van der Waals surface area contributed by atoms with Crippen molar-refractivity contribution in [1.82, 2.24) is 9.13 Å². The molecule has 0 amide bonds. The van der Waals surface area contributed by atoms with Crippen LogP contribution in [-0.4, -0.2) is 9.13 Å². The van der Waals surface area contributed by atoms with Crippen molar-refractivity contribution >= 4 is 87.5 Å². The van der Waals surface area contributed by atoms with Gasteiger partial charge < -0.3 is 18.0 Å². The Morgan fingerprint density at radius 1 is 0.385 bits per heavy atom. The second-order valence-corrected chi connectivity index (χ2v) is 13.7. The average molecular weight is 673 g/mol. The Labute approximate surface area is 294 Å². The van der Waals surface area contributed by atoms with Crippen molar-refractivity contribution in [2.24, 2.45) is 14.1 Å². The van der Waals surface area contributed by atoms with Gasteiger partial charge in [0, 0.05) is 68.3 Å². The maximum absolute atomic E-state index is 14.4. The van der Waals surface area contributed by atoms with Gasteiger partial charge in [-0.1, -0.05) is 84.9 Å². The average Bonchev–Trinajstić information content (AvgIpc) is 3.77. The van der Waals surface area contributed by atoms with Gasteiger partial charge in [-0.05, 0) is 59.7 Å². The van der Waals surface area contributed by atoms with Gasteiger partial charge in [0.25, 0.3) is 0 Å². The number of hydrogen-bond donors (Lipinski definition) is 0. The number of pyridine rings is 2. The summed E-state index contributed by atoms with van der Waals surface area (Å²) in [5.41, 5.74) is 9.76. The van der Waals surface area contributed by atoms with Gasteiger partial charge in [0.15, 0.2) is 10.9 Å². The van der Waals surface area contributed by atoms with Crippen molar-refractivity contribution < 1.29 is 8.83 Å². The van der Waals surface area contributed by atoms with Crippen molar-refractivity contribution in [3.8, 4) is 22.3 Å². The minimum atomic E-state index is -0.0783. The van der Waals surface area contributed by atoms with E-state index in [-0.39, 0.29) is 10.9 Å². The predicted molar refractivity (Wildman–Crippen MR) is 212 cm³/mol. The SMILES string of the molecule is Cn1c2ccc(-c3cccc4c3oc3ccccc34)cc2c(=O)c2cc3c(cc21)c(=O)c1cc(-c2cccc4c2oc2ccccc24)ccc1n3C. The highest BCUT2D eigenvalue weighted by Crippen LogP contribution is 2.38. The first-order valence-electron chi connectivity index (χ1n) is 17.3. The van der Waals surface area contributed by atoms with E-state index in [0.29, 0.717) is 32.6 Å². The number of nitrogens with zero attached hydrogens (tertiary/aromatic N) is 2. The largest absolute Gasteiger partial charge is 0.455 e. The summed E-state index contributed by atoms with van der Waals surface area (Å²) in [5.74, 6) is 0. The zero-order chi connectivity index (χ0) is 34.8. The topological polar surface area (TPSA) is 70.3 Å². The zero-order valence-corrected chi connectivity index (χ0v) is 28.2. The number of furan rings is 2. The van der Waals surface area contributed by atoms with E-state index in [1.54, 1.807) is 0 Å². The third-order valence-electron chi connectivity index (χ3n) is 11.0. The van der Waals surface area contributed by atoms with Crippen LogP contribution >= 0.6 is 0 Å². The van der Waals surface area contributed by atoms with Crippen LogP contribution in [0.1, 0.15) is 0 Å². The molecule has 6 heteroatoms. The molecule has 11 rings (SSSR count). The monoisotopic (exact) mass is 672 g/mol. The first kappa shape index (κ1) is 28.9. The quantitative estimate of drug-likeness (QED) is 0.171. The molecular formula is C46H28N2O4. The third kappa shape index (κ3) is 3.83. The standard InChI is InChI=1S/C46H28N2O4/c1-47-37-19-17-25(27-11-7-13-31-29-9-3-5-15-41(29)51-45(27)31)21-33(37)43(49)35-24-40-36(23-39(35)47)44(50)34-22-26(18-20-38(34)48(40)2)28-12-8-14-32-30-10-4-6-16-42(30)52-46(28)32/h3-24H,1-2H3. The van der Waals surface area contributed by atoms with E-state index >= 15 is 0 Å². The van der Waals surface area contributed by atoms with E-state index in [0.717, 1.165) is 77.2 Å². The van der Waals surface area contributed by atoms with Crippen molar-refractivity contribution in [2.75, 3.05) is 0 Å². The van der Waals surface area contributed by atoms with Crippen LogP contribution in [0.4, 0.5) is 0 Å². The molecule has 0 aliphatic heterocycles. The van der Waals surface area contributed by atoms with Crippen molar-refractivity contribution in [2.45, 2.75) is 0 Å². The first-order chi connectivity index (χ1) is 25.4. The highest BCUT2D eigenvalue weighted by molar-refractivity contribution is 6.12. The lowest BCUT2D eigenvalue weighted by atomic mass is 9.98. The zero-order valence-electron chi connectivity index (χ0n) is 28.2. The molecule has 0 radical (unpaired) electrons. The number of para-hydroxylation sites is 4. The Bertz CT molecular complexity index is 3250. The molecule has 0 bridgehead atoms. The van der Waals surface area contributed by atoms with E-state index in [9.17, 15) is 9.59 Å². The number of hydrogen-bond acceptors (Lipinski definition) is 4. The molecule has 0 saturated carbocycles. The number of aryl methyl sites for hydroxylation is 2.